The van der Waals surface area contributed by atoms with E-state index < -0.39 is 7.12 Å². The van der Waals surface area contributed by atoms with Crippen molar-refractivity contribution in [2.45, 2.75) is 45.8 Å². The molecule has 0 bridgehead atoms. The third kappa shape index (κ3) is 2.92. The minimum absolute atomic E-state index is 0.0702. The van der Waals surface area contributed by atoms with Crippen LogP contribution in [0, 0.1) is 0 Å². The van der Waals surface area contributed by atoms with E-state index in [1.54, 1.807) is 6.92 Å². The summed E-state index contributed by atoms with van der Waals surface area (Å²) in [5, 5.41) is 0. The average molecular weight is 322 g/mol. The van der Waals surface area contributed by atoms with Gasteiger partial charge in [-0.05, 0) is 51.2 Å². The second kappa shape index (κ2) is 5.87. The Balaban J connectivity index is 1.99. The molecule has 1 fully saturated rings. The first-order valence-corrected chi connectivity index (χ1v) is 8.27. The van der Waals surface area contributed by atoms with Gasteiger partial charge in [-0.15, -0.1) is 0 Å². The molecule has 0 aliphatic carbocycles. The summed E-state index contributed by atoms with van der Waals surface area (Å²) in [4.78, 5) is 11.5. The molecule has 0 radical (unpaired) electrons. The molecular formula is C20H23BO3. The molecule has 3 rings (SSSR count). The molecule has 0 amide bonds. The number of hydrogen-bond acceptors (Lipinski definition) is 3. The Kier molecular flexibility index (Phi) is 4.14. The van der Waals surface area contributed by atoms with Crippen molar-refractivity contribution in [3.05, 3.63) is 54.1 Å². The first-order chi connectivity index (χ1) is 11.2. The molecule has 1 saturated heterocycles. The van der Waals surface area contributed by atoms with Gasteiger partial charge in [-0.2, -0.15) is 0 Å². The summed E-state index contributed by atoms with van der Waals surface area (Å²) in [5.41, 5.74) is 3.09. The largest absolute Gasteiger partial charge is 0.495 e. The second-order valence-electron chi connectivity index (χ2n) is 7.31. The standard InChI is InChI=1S/C20H23BO3/c1-14(22)15-10-12-16(13-11-15)17-8-6-7-9-18(17)21-23-19(2,3)20(4,5)24-21/h6-13H,1-5H3. The van der Waals surface area contributed by atoms with E-state index in [1.165, 1.54) is 0 Å². The molecule has 2 aromatic rings. The highest BCUT2D eigenvalue weighted by molar-refractivity contribution is 6.63. The van der Waals surface area contributed by atoms with Gasteiger partial charge in [0.25, 0.3) is 0 Å². The lowest BCUT2D eigenvalue weighted by molar-refractivity contribution is 0.00578. The summed E-state index contributed by atoms with van der Waals surface area (Å²) in [6.07, 6.45) is 0. The maximum absolute atomic E-state index is 11.5. The van der Waals surface area contributed by atoms with Crippen molar-refractivity contribution in [3.8, 4) is 11.1 Å². The lowest BCUT2D eigenvalue weighted by Crippen LogP contribution is -2.41. The van der Waals surface area contributed by atoms with Gasteiger partial charge in [0, 0.05) is 5.56 Å². The smallest absolute Gasteiger partial charge is 0.399 e. The Morgan fingerprint density at radius 2 is 1.42 bits per heavy atom. The lowest BCUT2D eigenvalue weighted by Gasteiger charge is -2.32. The van der Waals surface area contributed by atoms with Crippen molar-refractivity contribution in [1.29, 1.82) is 0 Å². The molecule has 24 heavy (non-hydrogen) atoms. The number of ketones is 1. The van der Waals surface area contributed by atoms with E-state index in [-0.39, 0.29) is 17.0 Å². The zero-order valence-electron chi connectivity index (χ0n) is 14.9. The molecule has 1 aliphatic heterocycles. The number of hydrogen-bond donors (Lipinski definition) is 0. The quantitative estimate of drug-likeness (QED) is 0.636. The summed E-state index contributed by atoms with van der Waals surface area (Å²) in [6, 6.07) is 15.8. The SMILES string of the molecule is CC(=O)c1ccc(-c2ccccc2B2OC(C)(C)C(C)(C)O2)cc1. The van der Waals surface area contributed by atoms with Crippen LogP contribution < -0.4 is 5.46 Å². The van der Waals surface area contributed by atoms with E-state index in [2.05, 4.69) is 33.8 Å². The van der Waals surface area contributed by atoms with Gasteiger partial charge in [0.15, 0.2) is 5.78 Å². The number of Topliss-reactive ketones (excluding diaryl/α,β-unsaturated/α-hetero) is 1. The normalized spacial score (nSPS) is 18.6. The van der Waals surface area contributed by atoms with Crippen LogP contribution in [0.15, 0.2) is 48.5 Å². The zero-order valence-corrected chi connectivity index (χ0v) is 14.9. The first kappa shape index (κ1) is 16.9. The maximum atomic E-state index is 11.5. The second-order valence-corrected chi connectivity index (χ2v) is 7.31. The Morgan fingerprint density at radius 3 is 1.96 bits per heavy atom. The van der Waals surface area contributed by atoms with Crippen LogP contribution in [0.3, 0.4) is 0 Å². The molecule has 3 nitrogen and oxygen atoms in total. The molecule has 4 heteroatoms. The van der Waals surface area contributed by atoms with Crippen LogP contribution in [-0.2, 0) is 9.31 Å². The highest BCUT2D eigenvalue weighted by Gasteiger charge is 2.52. The van der Waals surface area contributed by atoms with Gasteiger partial charge in [-0.25, -0.2) is 0 Å². The molecular weight excluding hydrogens is 299 g/mol. The summed E-state index contributed by atoms with van der Waals surface area (Å²) >= 11 is 0. The van der Waals surface area contributed by atoms with Gasteiger partial charge in [0.2, 0.25) is 0 Å². The van der Waals surface area contributed by atoms with Crippen LogP contribution in [0.1, 0.15) is 45.0 Å². The first-order valence-electron chi connectivity index (χ1n) is 8.27. The molecule has 0 atom stereocenters. The molecule has 0 aromatic heterocycles. The zero-order chi connectivity index (χ0) is 17.5. The molecule has 1 heterocycles. The molecule has 0 saturated carbocycles. The van der Waals surface area contributed by atoms with Gasteiger partial charge in [0.05, 0.1) is 11.2 Å². The van der Waals surface area contributed by atoms with Crippen LogP contribution in [-0.4, -0.2) is 24.1 Å². The fourth-order valence-electron chi connectivity index (χ4n) is 2.82. The van der Waals surface area contributed by atoms with Crippen LogP contribution in [0.25, 0.3) is 11.1 Å². The van der Waals surface area contributed by atoms with E-state index in [9.17, 15) is 4.79 Å². The summed E-state index contributed by atoms with van der Waals surface area (Å²) < 4.78 is 12.4. The fourth-order valence-corrected chi connectivity index (χ4v) is 2.82. The average Bonchev–Trinajstić information content (AvgIpc) is 2.75. The Morgan fingerprint density at radius 1 is 0.875 bits per heavy atom. The third-order valence-electron chi connectivity index (χ3n) is 5.07. The maximum Gasteiger partial charge on any atom is 0.495 e. The number of benzene rings is 2. The van der Waals surface area contributed by atoms with Gasteiger partial charge >= 0.3 is 7.12 Å². The minimum atomic E-state index is -0.404. The Hall–Kier alpha value is -1.91. The predicted molar refractivity (Wildman–Crippen MR) is 97.6 cm³/mol. The van der Waals surface area contributed by atoms with Crippen LogP contribution in [0.4, 0.5) is 0 Å². The number of carbonyl (C=O) groups is 1. The van der Waals surface area contributed by atoms with E-state index in [0.29, 0.717) is 5.56 Å². The predicted octanol–water partition coefficient (Wildman–Crippen LogP) is 3.86. The monoisotopic (exact) mass is 322 g/mol. The van der Waals surface area contributed by atoms with Gasteiger partial charge in [0.1, 0.15) is 0 Å². The molecule has 0 spiro atoms. The highest BCUT2D eigenvalue weighted by atomic mass is 16.7. The van der Waals surface area contributed by atoms with Gasteiger partial charge < -0.3 is 9.31 Å². The minimum Gasteiger partial charge on any atom is -0.399 e. The Labute approximate surface area is 144 Å². The third-order valence-corrected chi connectivity index (χ3v) is 5.07. The van der Waals surface area contributed by atoms with Crippen molar-refractivity contribution in [3.63, 3.8) is 0 Å². The van der Waals surface area contributed by atoms with Crippen molar-refractivity contribution >= 4 is 18.4 Å². The molecule has 0 unspecified atom stereocenters. The van der Waals surface area contributed by atoms with Crippen molar-refractivity contribution in [1.82, 2.24) is 0 Å². The number of rotatable bonds is 3. The summed E-state index contributed by atoms with van der Waals surface area (Å²) in [6.45, 7) is 9.79. The van der Waals surface area contributed by atoms with E-state index in [1.807, 2.05) is 42.5 Å². The molecule has 124 valence electrons. The summed E-state index contributed by atoms with van der Waals surface area (Å²) in [7, 11) is -0.404. The Bertz CT molecular complexity index is 747. The number of carbonyl (C=O) groups excluding carboxylic acids is 1. The van der Waals surface area contributed by atoms with Crippen molar-refractivity contribution in [2.24, 2.45) is 0 Å². The molecule has 0 N–H and O–H groups in total. The van der Waals surface area contributed by atoms with Crippen molar-refractivity contribution in [2.75, 3.05) is 0 Å². The van der Waals surface area contributed by atoms with Crippen LogP contribution >= 0.6 is 0 Å². The molecule has 2 aromatic carbocycles. The van der Waals surface area contributed by atoms with Crippen molar-refractivity contribution < 1.29 is 14.1 Å². The van der Waals surface area contributed by atoms with Gasteiger partial charge in [-0.3, -0.25) is 4.79 Å². The van der Waals surface area contributed by atoms with Crippen LogP contribution in [0.5, 0.6) is 0 Å². The summed E-state index contributed by atoms with van der Waals surface area (Å²) in [5.74, 6) is 0.0702. The van der Waals surface area contributed by atoms with E-state index >= 15 is 0 Å². The topological polar surface area (TPSA) is 35.5 Å². The molecule has 1 aliphatic rings. The lowest BCUT2D eigenvalue weighted by atomic mass is 9.74. The van der Waals surface area contributed by atoms with E-state index in [4.69, 9.17) is 9.31 Å². The van der Waals surface area contributed by atoms with Crippen LogP contribution in [0.2, 0.25) is 0 Å². The fraction of sp³-hybridized carbons (Fsp3) is 0.350. The highest BCUT2D eigenvalue weighted by Crippen LogP contribution is 2.37. The van der Waals surface area contributed by atoms with E-state index in [0.717, 1.165) is 16.6 Å². The van der Waals surface area contributed by atoms with Gasteiger partial charge in [-0.1, -0.05) is 48.5 Å².